The summed E-state index contributed by atoms with van der Waals surface area (Å²) in [5.74, 6) is 0.144. The molecule has 0 aliphatic carbocycles. The monoisotopic (exact) mass is 250 g/mol. The van der Waals surface area contributed by atoms with Gasteiger partial charge in [-0.3, -0.25) is 4.79 Å². The highest BCUT2D eigenvalue weighted by molar-refractivity contribution is 6.02. The summed E-state index contributed by atoms with van der Waals surface area (Å²) >= 11 is 0. The van der Waals surface area contributed by atoms with Gasteiger partial charge in [-0.15, -0.1) is 0 Å². The van der Waals surface area contributed by atoms with E-state index in [0.717, 1.165) is 11.9 Å². The molecule has 0 saturated heterocycles. The standard InChI is InChI=1S/C16H14N2O/c19-16(10-9-13-6-2-1-3-7-13)14-12-17-18-11-5-4-8-15(14)18/h1-8,11-12H,9-10H2. The van der Waals surface area contributed by atoms with E-state index in [1.54, 1.807) is 10.7 Å². The van der Waals surface area contributed by atoms with Gasteiger partial charge in [0, 0.05) is 12.6 Å². The average Bonchev–Trinajstić information content (AvgIpc) is 2.90. The summed E-state index contributed by atoms with van der Waals surface area (Å²) in [6, 6.07) is 15.8. The minimum absolute atomic E-state index is 0.144. The van der Waals surface area contributed by atoms with E-state index in [-0.39, 0.29) is 5.78 Å². The van der Waals surface area contributed by atoms with Gasteiger partial charge in [-0.1, -0.05) is 36.4 Å². The molecular formula is C16H14N2O. The Morgan fingerprint density at radius 2 is 1.84 bits per heavy atom. The van der Waals surface area contributed by atoms with Gasteiger partial charge in [0.25, 0.3) is 0 Å². The molecule has 0 aliphatic heterocycles. The maximum absolute atomic E-state index is 12.2. The Bertz CT molecular complexity index is 701. The fraction of sp³-hybridized carbons (Fsp3) is 0.125. The van der Waals surface area contributed by atoms with Crippen LogP contribution in [0.1, 0.15) is 22.3 Å². The van der Waals surface area contributed by atoms with Crippen molar-refractivity contribution in [3.63, 3.8) is 0 Å². The lowest BCUT2D eigenvalue weighted by Crippen LogP contribution is -2.00. The van der Waals surface area contributed by atoms with Crippen LogP contribution in [0, 0.1) is 0 Å². The number of aryl methyl sites for hydroxylation is 1. The summed E-state index contributed by atoms with van der Waals surface area (Å²) in [6.07, 6.45) is 4.79. The van der Waals surface area contributed by atoms with E-state index in [1.165, 1.54) is 5.56 Å². The molecule has 0 aliphatic rings. The van der Waals surface area contributed by atoms with Gasteiger partial charge in [-0.05, 0) is 24.1 Å². The van der Waals surface area contributed by atoms with Crippen LogP contribution in [0.3, 0.4) is 0 Å². The van der Waals surface area contributed by atoms with E-state index in [1.807, 2.05) is 54.7 Å². The SMILES string of the molecule is O=C(CCc1ccccc1)c1cnn2ccccc12. The molecule has 2 heterocycles. The molecule has 3 aromatic rings. The second-order valence-electron chi connectivity index (χ2n) is 4.50. The molecule has 0 amide bonds. The highest BCUT2D eigenvalue weighted by Gasteiger charge is 2.11. The molecule has 1 aromatic carbocycles. The number of rotatable bonds is 4. The van der Waals surface area contributed by atoms with Gasteiger partial charge in [-0.2, -0.15) is 5.10 Å². The number of Topliss-reactive ketones (excluding diaryl/α,β-unsaturated/α-hetero) is 1. The van der Waals surface area contributed by atoms with E-state index < -0.39 is 0 Å². The minimum atomic E-state index is 0.144. The molecule has 94 valence electrons. The number of carbonyl (C=O) groups is 1. The van der Waals surface area contributed by atoms with Crippen molar-refractivity contribution < 1.29 is 4.79 Å². The molecule has 0 unspecified atom stereocenters. The fourth-order valence-corrected chi connectivity index (χ4v) is 2.19. The molecule has 0 radical (unpaired) electrons. The first kappa shape index (κ1) is 11.7. The molecule has 0 bridgehead atoms. The third kappa shape index (κ3) is 2.40. The number of ketones is 1. The molecule has 3 nitrogen and oxygen atoms in total. The maximum Gasteiger partial charge on any atom is 0.167 e. The third-order valence-electron chi connectivity index (χ3n) is 3.21. The van der Waals surface area contributed by atoms with Crippen LogP contribution in [0.5, 0.6) is 0 Å². The first-order chi connectivity index (χ1) is 9.34. The zero-order valence-electron chi connectivity index (χ0n) is 10.5. The van der Waals surface area contributed by atoms with E-state index in [0.29, 0.717) is 12.0 Å². The van der Waals surface area contributed by atoms with Crippen LogP contribution in [-0.4, -0.2) is 15.4 Å². The van der Waals surface area contributed by atoms with Crippen molar-refractivity contribution in [3.8, 4) is 0 Å². The number of hydrogen-bond acceptors (Lipinski definition) is 2. The Hall–Kier alpha value is -2.42. The molecule has 0 N–H and O–H groups in total. The van der Waals surface area contributed by atoms with Gasteiger partial charge >= 0.3 is 0 Å². The summed E-state index contributed by atoms with van der Waals surface area (Å²) in [6.45, 7) is 0. The fourth-order valence-electron chi connectivity index (χ4n) is 2.19. The van der Waals surface area contributed by atoms with Crippen molar-refractivity contribution in [2.45, 2.75) is 12.8 Å². The van der Waals surface area contributed by atoms with Gasteiger partial charge in [0.1, 0.15) is 0 Å². The van der Waals surface area contributed by atoms with E-state index in [9.17, 15) is 4.79 Å². The quantitative estimate of drug-likeness (QED) is 0.667. The Balaban J connectivity index is 1.77. The zero-order valence-corrected chi connectivity index (χ0v) is 10.5. The number of carbonyl (C=O) groups excluding carboxylic acids is 1. The van der Waals surface area contributed by atoms with Crippen molar-refractivity contribution in [1.82, 2.24) is 9.61 Å². The molecule has 0 fully saturated rings. The highest BCUT2D eigenvalue weighted by atomic mass is 16.1. The van der Waals surface area contributed by atoms with E-state index >= 15 is 0 Å². The number of aromatic nitrogens is 2. The lowest BCUT2D eigenvalue weighted by molar-refractivity contribution is 0.0984. The predicted octanol–water partition coefficient (Wildman–Crippen LogP) is 3.15. The van der Waals surface area contributed by atoms with Gasteiger partial charge in [0.15, 0.2) is 5.78 Å². The Morgan fingerprint density at radius 1 is 1.05 bits per heavy atom. The van der Waals surface area contributed by atoms with Crippen LogP contribution >= 0.6 is 0 Å². The van der Waals surface area contributed by atoms with Gasteiger partial charge in [0.2, 0.25) is 0 Å². The van der Waals surface area contributed by atoms with Crippen LogP contribution < -0.4 is 0 Å². The second kappa shape index (κ2) is 5.06. The molecule has 0 spiro atoms. The topological polar surface area (TPSA) is 34.4 Å². The average molecular weight is 250 g/mol. The zero-order chi connectivity index (χ0) is 13.1. The number of fused-ring (bicyclic) bond motifs is 1. The number of pyridine rings is 1. The molecule has 2 aromatic heterocycles. The smallest absolute Gasteiger partial charge is 0.167 e. The highest BCUT2D eigenvalue weighted by Crippen LogP contribution is 2.14. The summed E-state index contributed by atoms with van der Waals surface area (Å²) in [5, 5.41) is 4.19. The number of nitrogens with zero attached hydrogens (tertiary/aromatic N) is 2. The summed E-state index contributed by atoms with van der Waals surface area (Å²) in [4.78, 5) is 12.2. The molecule has 3 rings (SSSR count). The number of benzene rings is 1. The molecule has 19 heavy (non-hydrogen) atoms. The van der Waals surface area contributed by atoms with E-state index in [2.05, 4.69) is 5.10 Å². The molecular weight excluding hydrogens is 236 g/mol. The molecule has 0 saturated carbocycles. The van der Waals surface area contributed by atoms with Crippen molar-refractivity contribution >= 4 is 11.3 Å². The summed E-state index contributed by atoms with van der Waals surface area (Å²) in [5.41, 5.74) is 2.77. The van der Waals surface area contributed by atoms with Crippen molar-refractivity contribution in [3.05, 3.63) is 72.1 Å². The number of hydrogen-bond donors (Lipinski definition) is 0. The Labute approximate surface area is 111 Å². The predicted molar refractivity (Wildman–Crippen MR) is 74.3 cm³/mol. The first-order valence-corrected chi connectivity index (χ1v) is 6.34. The summed E-state index contributed by atoms with van der Waals surface area (Å²) < 4.78 is 1.73. The van der Waals surface area contributed by atoms with Crippen LogP contribution in [-0.2, 0) is 6.42 Å². The minimum Gasteiger partial charge on any atom is -0.294 e. The van der Waals surface area contributed by atoms with Crippen molar-refractivity contribution in [2.24, 2.45) is 0 Å². The Kier molecular flexibility index (Phi) is 3.11. The second-order valence-corrected chi connectivity index (χ2v) is 4.50. The van der Waals surface area contributed by atoms with Gasteiger partial charge < -0.3 is 0 Å². The lowest BCUT2D eigenvalue weighted by atomic mass is 10.0. The maximum atomic E-state index is 12.2. The molecule has 0 atom stereocenters. The first-order valence-electron chi connectivity index (χ1n) is 6.34. The van der Waals surface area contributed by atoms with Gasteiger partial charge in [0.05, 0.1) is 17.3 Å². The molecule has 3 heteroatoms. The van der Waals surface area contributed by atoms with Gasteiger partial charge in [-0.25, -0.2) is 4.52 Å². The van der Waals surface area contributed by atoms with Crippen LogP contribution in [0.25, 0.3) is 5.52 Å². The van der Waals surface area contributed by atoms with Crippen LogP contribution in [0.4, 0.5) is 0 Å². The van der Waals surface area contributed by atoms with Crippen LogP contribution in [0.15, 0.2) is 60.9 Å². The third-order valence-corrected chi connectivity index (χ3v) is 3.21. The largest absolute Gasteiger partial charge is 0.294 e. The lowest BCUT2D eigenvalue weighted by Gasteiger charge is -2.00. The van der Waals surface area contributed by atoms with Crippen LogP contribution in [0.2, 0.25) is 0 Å². The Morgan fingerprint density at radius 3 is 2.68 bits per heavy atom. The van der Waals surface area contributed by atoms with E-state index in [4.69, 9.17) is 0 Å². The summed E-state index contributed by atoms with van der Waals surface area (Å²) in [7, 11) is 0. The normalized spacial score (nSPS) is 10.7. The van der Waals surface area contributed by atoms with Crippen molar-refractivity contribution in [1.29, 1.82) is 0 Å². The van der Waals surface area contributed by atoms with Crippen molar-refractivity contribution in [2.75, 3.05) is 0 Å².